The number of aliphatic imine (C=N–C) groups is 1. The third kappa shape index (κ3) is 4.92. The van der Waals surface area contributed by atoms with Crippen LogP contribution in [0.4, 0.5) is 0 Å². The van der Waals surface area contributed by atoms with E-state index in [9.17, 15) is 4.79 Å². The van der Waals surface area contributed by atoms with Gasteiger partial charge < -0.3 is 28.4 Å². The summed E-state index contributed by atoms with van der Waals surface area (Å²) in [6.07, 6.45) is 12.4. The van der Waals surface area contributed by atoms with E-state index in [1.54, 1.807) is 12.3 Å². The zero-order valence-electron chi connectivity index (χ0n) is 22.1. The lowest BCUT2D eigenvalue weighted by molar-refractivity contribution is -0.240. The van der Waals surface area contributed by atoms with Crippen LogP contribution < -0.4 is 0 Å². The van der Waals surface area contributed by atoms with Crippen molar-refractivity contribution in [3.63, 3.8) is 0 Å². The average Bonchev–Trinajstić information content (AvgIpc) is 3.40. The van der Waals surface area contributed by atoms with Crippen LogP contribution in [-0.2, 0) is 33.2 Å². The number of hydrogen-bond acceptors (Lipinski definition) is 8. The summed E-state index contributed by atoms with van der Waals surface area (Å²) in [5.74, 6) is -1.35. The second kappa shape index (κ2) is 10.4. The number of carbonyl (C=O) groups excluding carboxylic acids is 1. The monoisotopic (exact) mass is 505 g/mol. The van der Waals surface area contributed by atoms with E-state index >= 15 is 0 Å². The summed E-state index contributed by atoms with van der Waals surface area (Å²) in [6, 6.07) is 0. The van der Waals surface area contributed by atoms with E-state index < -0.39 is 29.5 Å². The Balaban J connectivity index is 1.44. The highest BCUT2D eigenvalue weighted by molar-refractivity contribution is 5.84. The maximum atomic E-state index is 13.0. The molecule has 0 aromatic rings. The first-order chi connectivity index (χ1) is 17.3. The van der Waals surface area contributed by atoms with Crippen LogP contribution >= 0.6 is 0 Å². The first-order valence-corrected chi connectivity index (χ1v) is 13.9. The molecule has 0 bridgehead atoms. The normalized spacial score (nSPS) is 36.6. The van der Waals surface area contributed by atoms with Gasteiger partial charge in [-0.1, -0.05) is 32.8 Å². The smallest absolute Gasteiger partial charge is 0.334 e. The number of hydrogen-bond donors (Lipinski definition) is 0. The second-order valence-corrected chi connectivity index (χ2v) is 11.7. The van der Waals surface area contributed by atoms with E-state index in [4.69, 9.17) is 33.4 Å². The van der Waals surface area contributed by atoms with Gasteiger partial charge in [0.05, 0.1) is 7.11 Å². The van der Waals surface area contributed by atoms with Crippen molar-refractivity contribution >= 4 is 12.2 Å². The summed E-state index contributed by atoms with van der Waals surface area (Å²) < 4.78 is 38.1. The molecule has 0 aromatic heterocycles. The van der Waals surface area contributed by atoms with Crippen LogP contribution in [0, 0.1) is 5.92 Å². The minimum absolute atomic E-state index is 0.236. The third-order valence-corrected chi connectivity index (χ3v) is 8.41. The average molecular weight is 506 g/mol. The Morgan fingerprint density at radius 1 is 0.972 bits per heavy atom. The van der Waals surface area contributed by atoms with Gasteiger partial charge in [0.2, 0.25) is 0 Å². The van der Waals surface area contributed by atoms with Gasteiger partial charge in [-0.3, -0.25) is 4.99 Å². The Morgan fingerprint density at radius 3 is 2.14 bits per heavy atom. The van der Waals surface area contributed by atoms with Crippen LogP contribution in [0.15, 0.2) is 17.6 Å². The standard InChI is InChI=1S/C28H43NO7/c1-5-12-26(17-19(2)3,25(30)31-4)29-18-20-21-22(34-27(33-21)13-8-6-9-14-27)23-24(32-20)36-28(35-23)15-10-7-11-16-28/h5,18-24H,1,6-17H2,2-4H3/t20-,21+,22+,23-,24-,26+/m1/s1. The predicted octanol–water partition coefficient (Wildman–Crippen LogP) is 4.84. The fourth-order valence-electron chi connectivity index (χ4n) is 6.84. The lowest BCUT2D eigenvalue weighted by Crippen LogP contribution is -2.55. The number of carbonyl (C=O) groups is 1. The minimum atomic E-state index is -1.06. The molecule has 5 fully saturated rings. The predicted molar refractivity (Wildman–Crippen MR) is 134 cm³/mol. The lowest BCUT2D eigenvalue weighted by Gasteiger charge is -2.36. The second-order valence-electron chi connectivity index (χ2n) is 11.7. The largest absolute Gasteiger partial charge is 0.467 e. The first-order valence-electron chi connectivity index (χ1n) is 13.9. The molecule has 0 aromatic carbocycles. The number of rotatable bonds is 7. The Hall–Kier alpha value is -1.32. The highest BCUT2D eigenvalue weighted by Gasteiger charge is 2.63. The summed E-state index contributed by atoms with van der Waals surface area (Å²) in [5.41, 5.74) is -1.06. The van der Waals surface area contributed by atoms with E-state index in [-0.39, 0.29) is 30.2 Å². The molecule has 0 unspecified atom stereocenters. The Morgan fingerprint density at radius 2 is 1.56 bits per heavy atom. The molecule has 8 heteroatoms. The Bertz CT molecular complexity index is 832. The van der Waals surface area contributed by atoms with Crippen molar-refractivity contribution in [2.75, 3.05) is 7.11 Å². The van der Waals surface area contributed by atoms with Gasteiger partial charge in [0.1, 0.15) is 24.4 Å². The molecule has 8 nitrogen and oxygen atoms in total. The van der Waals surface area contributed by atoms with Crippen LogP contribution in [0.5, 0.6) is 0 Å². The van der Waals surface area contributed by atoms with Crippen LogP contribution in [-0.4, -0.2) is 67.1 Å². The molecule has 6 atom stereocenters. The minimum Gasteiger partial charge on any atom is -0.467 e. The van der Waals surface area contributed by atoms with Gasteiger partial charge in [-0.25, -0.2) is 4.79 Å². The quantitative estimate of drug-likeness (QED) is 0.278. The lowest BCUT2D eigenvalue weighted by atomic mass is 9.86. The third-order valence-electron chi connectivity index (χ3n) is 8.41. The van der Waals surface area contributed by atoms with E-state index in [2.05, 4.69) is 20.4 Å². The first kappa shape index (κ1) is 26.3. The number of esters is 1. The van der Waals surface area contributed by atoms with Crippen molar-refractivity contribution in [3.05, 3.63) is 12.7 Å². The molecular formula is C28H43NO7. The topological polar surface area (TPSA) is 84.8 Å². The molecule has 36 heavy (non-hydrogen) atoms. The molecule has 5 aliphatic rings. The molecule has 2 aliphatic carbocycles. The Kier molecular flexibility index (Phi) is 7.63. The molecular weight excluding hydrogens is 462 g/mol. The van der Waals surface area contributed by atoms with Crippen LogP contribution in [0.2, 0.25) is 0 Å². The van der Waals surface area contributed by atoms with E-state index in [1.807, 2.05) is 0 Å². The van der Waals surface area contributed by atoms with Crippen molar-refractivity contribution < 1.29 is 33.2 Å². The highest BCUT2D eigenvalue weighted by Crippen LogP contribution is 2.50. The zero-order chi connectivity index (χ0) is 25.4. The zero-order valence-corrected chi connectivity index (χ0v) is 22.1. The molecule has 3 aliphatic heterocycles. The van der Waals surface area contributed by atoms with Crippen molar-refractivity contribution in [2.45, 2.75) is 139 Å². The van der Waals surface area contributed by atoms with Gasteiger partial charge >= 0.3 is 5.97 Å². The highest BCUT2D eigenvalue weighted by atomic mass is 16.9. The van der Waals surface area contributed by atoms with Crippen molar-refractivity contribution in [3.8, 4) is 0 Å². The molecule has 2 spiro atoms. The maximum absolute atomic E-state index is 13.0. The summed E-state index contributed by atoms with van der Waals surface area (Å²) >= 11 is 0. The summed E-state index contributed by atoms with van der Waals surface area (Å²) in [4.78, 5) is 17.8. The van der Waals surface area contributed by atoms with E-state index in [0.717, 1.165) is 51.4 Å². The molecule has 3 heterocycles. The summed E-state index contributed by atoms with van der Waals surface area (Å²) in [5, 5.41) is 0. The van der Waals surface area contributed by atoms with Crippen LogP contribution in [0.1, 0.15) is 90.9 Å². The number of nitrogens with zero attached hydrogens (tertiary/aromatic N) is 1. The fraction of sp³-hybridized carbons (Fsp3) is 0.857. The summed E-state index contributed by atoms with van der Waals surface area (Å²) in [7, 11) is 1.40. The SMILES string of the molecule is C=CC[C@@](CC(C)C)(N=C[C@H]1O[C@@H]2OC3(CCCCC3)O[C@@H]2[C@H]2OC3(CCCCC3)O[C@H]21)C(=O)OC. The molecule has 0 N–H and O–H groups in total. The Labute approximate surface area is 215 Å². The van der Waals surface area contributed by atoms with Crippen molar-refractivity contribution in [1.82, 2.24) is 0 Å². The number of fused-ring (bicyclic) bond motifs is 3. The number of methoxy groups -OCH3 is 1. The molecule has 5 rings (SSSR count). The fourth-order valence-corrected chi connectivity index (χ4v) is 6.84. The van der Waals surface area contributed by atoms with Gasteiger partial charge in [-0.2, -0.15) is 0 Å². The maximum Gasteiger partial charge on any atom is 0.334 e. The molecule has 0 amide bonds. The van der Waals surface area contributed by atoms with E-state index in [1.165, 1.54) is 20.0 Å². The summed E-state index contributed by atoms with van der Waals surface area (Å²) in [6.45, 7) is 8.02. The van der Waals surface area contributed by atoms with Crippen LogP contribution in [0.25, 0.3) is 0 Å². The van der Waals surface area contributed by atoms with E-state index in [0.29, 0.717) is 12.8 Å². The molecule has 3 saturated heterocycles. The van der Waals surface area contributed by atoms with Gasteiger partial charge in [-0.05, 0) is 38.0 Å². The molecule has 202 valence electrons. The van der Waals surface area contributed by atoms with Crippen LogP contribution in [0.3, 0.4) is 0 Å². The van der Waals surface area contributed by atoms with Gasteiger partial charge in [0.15, 0.2) is 23.4 Å². The molecule has 0 radical (unpaired) electrons. The van der Waals surface area contributed by atoms with Crippen molar-refractivity contribution in [2.24, 2.45) is 10.9 Å². The molecule has 2 saturated carbocycles. The van der Waals surface area contributed by atoms with Crippen molar-refractivity contribution in [1.29, 1.82) is 0 Å². The van der Waals surface area contributed by atoms with Gasteiger partial charge in [0.25, 0.3) is 0 Å². The number of ether oxygens (including phenoxy) is 6. The van der Waals surface area contributed by atoms with Gasteiger partial charge in [-0.15, -0.1) is 6.58 Å². The van der Waals surface area contributed by atoms with Gasteiger partial charge in [0, 0.05) is 38.3 Å².